The van der Waals surface area contributed by atoms with Crippen LogP contribution in [0.2, 0.25) is 0 Å². The zero-order valence-electron chi connectivity index (χ0n) is 16.6. The van der Waals surface area contributed by atoms with Crippen LogP contribution in [-0.2, 0) is 4.79 Å². The molecule has 0 unspecified atom stereocenters. The van der Waals surface area contributed by atoms with Gasteiger partial charge < -0.3 is 19.5 Å². The number of amides is 1. The zero-order chi connectivity index (χ0) is 20.5. The van der Waals surface area contributed by atoms with Crippen molar-refractivity contribution in [2.45, 2.75) is 20.0 Å². The number of rotatable bonds is 9. The highest BCUT2D eigenvalue weighted by Gasteiger charge is 2.15. The van der Waals surface area contributed by atoms with Gasteiger partial charge in [-0.1, -0.05) is 36.4 Å². The summed E-state index contributed by atoms with van der Waals surface area (Å²) in [5.41, 5.74) is 1.67. The third kappa shape index (κ3) is 6.28. The molecule has 3 aromatic carbocycles. The molecule has 150 valence electrons. The van der Waals surface area contributed by atoms with Crippen LogP contribution in [0.4, 0.5) is 5.69 Å². The van der Waals surface area contributed by atoms with Crippen molar-refractivity contribution in [1.29, 1.82) is 0 Å². The van der Waals surface area contributed by atoms with Gasteiger partial charge in [-0.2, -0.15) is 0 Å². The lowest BCUT2D eigenvalue weighted by atomic mass is 10.2. The number of ether oxygens (including phenoxy) is 3. The van der Waals surface area contributed by atoms with Crippen LogP contribution in [0.25, 0.3) is 0 Å². The fourth-order valence-electron chi connectivity index (χ4n) is 2.65. The Kier molecular flexibility index (Phi) is 7.11. The van der Waals surface area contributed by atoms with Crippen molar-refractivity contribution in [2.75, 3.05) is 18.5 Å². The summed E-state index contributed by atoms with van der Waals surface area (Å²) in [5.74, 6) is 2.02. The second-order valence-corrected chi connectivity index (χ2v) is 6.55. The first-order valence-electron chi connectivity index (χ1n) is 9.55. The Morgan fingerprint density at radius 2 is 1.41 bits per heavy atom. The highest BCUT2D eigenvalue weighted by molar-refractivity contribution is 5.94. The molecule has 0 radical (unpaired) electrons. The molecule has 3 aromatic rings. The molecule has 0 aliphatic heterocycles. The molecule has 1 N–H and O–H groups in total. The summed E-state index contributed by atoms with van der Waals surface area (Å²) in [7, 11) is 0. The third-order valence-corrected chi connectivity index (χ3v) is 4.25. The maximum Gasteiger partial charge on any atom is 0.265 e. The van der Waals surface area contributed by atoms with Crippen molar-refractivity contribution in [3.8, 4) is 17.2 Å². The van der Waals surface area contributed by atoms with E-state index in [4.69, 9.17) is 14.2 Å². The summed E-state index contributed by atoms with van der Waals surface area (Å²) in [6.45, 7) is 4.56. The Balaban J connectivity index is 1.43. The summed E-state index contributed by atoms with van der Waals surface area (Å²) in [6, 6.07) is 24.4. The molecular formula is C24H25NO4. The molecule has 0 aromatic heterocycles. The van der Waals surface area contributed by atoms with Crippen LogP contribution in [0, 0.1) is 6.92 Å². The van der Waals surface area contributed by atoms with Crippen LogP contribution >= 0.6 is 0 Å². The largest absolute Gasteiger partial charge is 0.490 e. The first-order chi connectivity index (χ1) is 14.1. The Hall–Kier alpha value is -3.47. The van der Waals surface area contributed by atoms with Crippen molar-refractivity contribution >= 4 is 11.6 Å². The van der Waals surface area contributed by atoms with Gasteiger partial charge in [0.15, 0.2) is 6.10 Å². The number of benzene rings is 3. The van der Waals surface area contributed by atoms with Gasteiger partial charge >= 0.3 is 0 Å². The summed E-state index contributed by atoms with van der Waals surface area (Å²) in [4.78, 5) is 12.4. The highest BCUT2D eigenvalue weighted by atomic mass is 16.5. The van der Waals surface area contributed by atoms with Crippen molar-refractivity contribution < 1.29 is 19.0 Å². The molecule has 0 spiro atoms. The molecule has 0 heterocycles. The van der Waals surface area contributed by atoms with Gasteiger partial charge in [0.1, 0.15) is 30.5 Å². The maximum absolute atomic E-state index is 12.4. The fourth-order valence-corrected chi connectivity index (χ4v) is 2.65. The Labute approximate surface area is 171 Å². The minimum atomic E-state index is -0.609. The van der Waals surface area contributed by atoms with Gasteiger partial charge in [-0.25, -0.2) is 0 Å². The van der Waals surface area contributed by atoms with Crippen LogP contribution in [-0.4, -0.2) is 25.2 Å². The molecule has 29 heavy (non-hydrogen) atoms. The second kappa shape index (κ2) is 10.2. The number of nitrogens with one attached hydrogen (secondary N) is 1. The highest BCUT2D eigenvalue weighted by Crippen LogP contribution is 2.19. The lowest BCUT2D eigenvalue weighted by Gasteiger charge is -2.16. The van der Waals surface area contributed by atoms with E-state index in [-0.39, 0.29) is 5.91 Å². The van der Waals surface area contributed by atoms with E-state index < -0.39 is 6.10 Å². The molecule has 0 saturated heterocycles. The minimum absolute atomic E-state index is 0.210. The standard InChI is InChI=1S/C24H25NO4/c1-18-8-6-7-11-23(18)29-19(2)24(26)25-20-12-14-22(15-13-20)28-17-16-27-21-9-4-3-5-10-21/h3-15,19H,16-17H2,1-2H3,(H,25,26)/t19-/m1/s1. The number of aryl methyl sites for hydroxylation is 1. The van der Waals surface area contributed by atoms with E-state index >= 15 is 0 Å². The SMILES string of the molecule is Cc1ccccc1O[C@H](C)C(=O)Nc1ccc(OCCOc2ccccc2)cc1. The molecule has 1 amide bonds. The average molecular weight is 391 g/mol. The molecule has 0 bridgehead atoms. The molecule has 0 aliphatic rings. The molecular weight excluding hydrogens is 366 g/mol. The maximum atomic E-state index is 12.4. The second-order valence-electron chi connectivity index (χ2n) is 6.55. The fraction of sp³-hybridized carbons (Fsp3) is 0.208. The van der Waals surface area contributed by atoms with Crippen LogP contribution in [0.5, 0.6) is 17.2 Å². The zero-order valence-corrected chi connectivity index (χ0v) is 16.6. The van der Waals surface area contributed by atoms with E-state index in [2.05, 4.69) is 5.32 Å². The van der Waals surface area contributed by atoms with Gasteiger partial charge in [0.05, 0.1) is 0 Å². The van der Waals surface area contributed by atoms with Crippen molar-refractivity contribution in [3.05, 3.63) is 84.4 Å². The first kappa shape index (κ1) is 20.3. The van der Waals surface area contributed by atoms with Crippen LogP contribution < -0.4 is 19.5 Å². The van der Waals surface area contributed by atoms with Crippen molar-refractivity contribution in [2.24, 2.45) is 0 Å². The topological polar surface area (TPSA) is 56.8 Å². The third-order valence-electron chi connectivity index (χ3n) is 4.25. The minimum Gasteiger partial charge on any atom is -0.490 e. The van der Waals surface area contributed by atoms with Gasteiger partial charge in [-0.15, -0.1) is 0 Å². The normalized spacial score (nSPS) is 11.4. The van der Waals surface area contributed by atoms with Crippen LogP contribution in [0.3, 0.4) is 0 Å². The molecule has 0 saturated carbocycles. The molecule has 3 rings (SSSR count). The van der Waals surface area contributed by atoms with E-state index in [1.165, 1.54) is 0 Å². The molecule has 0 aliphatic carbocycles. The predicted molar refractivity (Wildman–Crippen MR) is 114 cm³/mol. The van der Waals surface area contributed by atoms with Gasteiger partial charge in [0.25, 0.3) is 5.91 Å². The Bertz CT molecular complexity index is 910. The first-order valence-corrected chi connectivity index (χ1v) is 9.55. The van der Waals surface area contributed by atoms with Gasteiger partial charge in [-0.05, 0) is 61.9 Å². The number of carbonyl (C=O) groups is 1. The number of hydrogen-bond acceptors (Lipinski definition) is 4. The molecule has 5 heteroatoms. The predicted octanol–water partition coefficient (Wildman–Crippen LogP) is 4.86. The quantitative estimate of drug-likeness (QED) is 0.529. The lowest BCUT2D eigenvalue weighted by Crippen LogP contribution is -2.30. The van der Waals surface area contributed by atoms with E-state index in [0.717, 1.165) is 11.3 Å². The van der Waals surface area contributed by atoms with Crippen molar-refractivity contribution in [1.82, 2.24) is 0 Å². The van der Waals surface area contributed by atoms with Gasteiger partial charge in [-0.3, -0.25) is 4.79 Å². The molecule has 1 atom stereocenters. The number of carbonyl (C=O) groups excluding carboxylic acids is 1. The number of hydrogen-bond donors (Lipinski definition) is 1. The van der Waals surface area contributed by atoms with E-state index in [1.54, 1.807) is 19.1 Å². The summed E-state index contributed by atoms with van der Waals surface area (Å²) in [6.07, 6.45) is -0.609. The Morgan fingerprint density at radius 1 is 0.828 bits per heavy atom. The Morgan fingerprint density at radius 3 is 2.07 bits per heavy atom. The number of anilines is 1. The average Bonchev–Trinajstić information content (AvgIpc) is 2.74. The summed E-state index contributed by atoms with van der Waals surface area (Å²) in [5, 5.41) is 2.85. The summed E-state index contributed by atoms with van der Waals surface area (Å²) >= 11 is 0. The van der Waals surface area contributed by atoms with Gasteiger partial charge in [0, 0.05) is 5.69 Å². The van der Waals surface area contributed by atoms with Crippen molar-refractivity contribution in [3.63, 3.8) is 0 Å². The monoisotopic (exact) mass is 391 g/mol. The summed E-state index contributed by atoms with van der Waals surface area (Å²) < 4.78 is 17.0. The van der Waals surface area contributed by atoms with E-state index in [9.17, 15) is 4.79 Å². The molecule has 5 nitrogen and oxygen atoms in total. The molecule has 0 fully saturated rings. The number of para-hydroxylation sites is 2. The van der Waals surface area contributed by atoms with E-state index in [1.807, 2.05) is 73.7 Å². The lowest BCUT2D eigenvalue weighted by molar-refractivity contribution is -0.122. The smallest absolute Gasteiger partial charge is 0.265 e. The van der Waals surface area contributed by atoms with Gasteiger partial charge in [0.2, 0.25) is 0 Å². The van der Waals surface area contributed by atoms with E-state index in [0.29, 0.717) is 30.4 Å². The van der Waals surface area contributed by atoms with Crippen LogP contribution in [0.1, 0.15) is 12.5 Å². The van der Waals surface area contributed by atoms with Crippen LogP contribution in [0.15, 0.2) is 78.9 Å².